The molecule has 1 aliphatic rings. The highest BCUT2D eigenvalue weighted by molar-refractivity contribution is 6.41. The van der Waals surface area contributed by atoms with Crippen molar-refractivity contribution >= 4 is 63.3 Å². The summed E-state index contributed by atoms with van der Waals surface area (Å²) >= 11 is 13.3. The molecule has 12 nitrogen and oxygen atoms in total. The average Bonchev–Trinajstić information content (AvgIpc) is 3.41. The zero-order chi connectivity index (χ0) is 29.9. The van der Waals surface area contributed by atoms with Crippen LogP contribution in [0.4, 0.5) is 29.1 Å². The van der Waals surface area contributed by atoms with Gasteiger partial charge < -0.3 is 29.9 Å². The Labute approximate surface area is 258 Å². The lowest BCUT2D eigenvalue weighted by Crippen LogP contribution is -2.46. The highest BCUT2D eigenvalue weighted by Gasteiger charge is 2.22. The van der Waals surface area contributed by atoms with Gasteiger partial charge in [-0.05, 0) is 18.7 Å². The van der Waals surface area contributed by atoms with Crippen LogP contribution in [0.5, 0.6) is 11.5 Å². The highest BCUT2D eigenvalue weighted by Crippen LogP contribution is 2.45. The number of benzene rings is 2. The molecule has 0 unspecified atom stereocenters. The van der Waals surface area contributed by atoms with E-state index in [1.54, 1.807) is 12.4 Å². The van der Waals surface area contributed by atoms with E-state index in [0.29, 0.717) is 40.6 Å². The number of ether oxygens (including phenoxy) is 2. The van der Waals surface area contributed by atoms with Gasteiger partial charge in [-0.1, -0.05) is 42.3 Å². The Morgan fingerprint density at radius 2 is 1.42 bits per heavy atom. The van der Waals surface area contributed by atoms with Gasteiger partial charge in [0.25, 0.3) is 0 Å². The standard InChI is InChI=1S/C29H30Cl2N10O2/c1-4-39-9-11-40(12-10-39)24-14-22(32-16-34-24)37-23-15-25(35-17-33-23)41-19-8-6-5-7-18(19)36-29(41)38-28-26(30)20(42-2)13-21(43-3)27(28)31/h5-8,13-17H,4,9-12H2,1-3H3,(H,36,38)(H,32,33,34,35,37). The number of anilines is 5. The van der Waals surface area contributed by atoms with Crippen LogP contribution in [0, 0.1) is 0 Å². The molecule has 0 aliphatic carbocycles. The van der Waals surface area contributed by atoms with E-state index in [1.807, 2.05) is 41.0 Å². The van der Waals surface area contributed by atoms with Crippen molar-refractivity contribution in [2.75, 3.05) is 62.5 Å². The van der Waals surface area contributed by atoms with Crippen LogP contribution in [0.3, 0.4) is 0 Å². The quantitative estimate of drug-likeness (QED) is 0.215. The van der Waals surface area contributed by atoms with E-state index in [0.717, 1.165) is 49.6 Å². The summed E-state index contributed by atoms with van der Waals surface area (Å²) in [6.07, 6.45) is 3.05. The van der Waals surface area contributed by atoms with Crippen molar-refractivity contribution in [2.24, 2.45) is 0 Å². The molecule has 4 heterocycles. The topological polar surface area (TPSA) is 118 Å². The lowest BCUT2D eigenvalue weighted by Gasteiger charge is -2.34. The number of imidazole rings is 1. The zero-order valence-electron chi connectivity index (χ0n) is 23.9. The smallest absolute Gasteiger partial charge is 0.214 e. The summed E-state index contributed by atoms with van der Waals surface area (Å²) in [5.74, 6) is 3.84. The van der Waals surface area contributed by atoms with Gasteiger partial charge in [0.05, 0.1) is 30.9 Å². The number of halogens is 2. The molecule has 6 rings (SSSR count). The van der Waals surface area contributed by atoms with E-state index in [9.17, 15) is 0 Å². The van der Waals surface area contributed by atoms with Gasteiger partial charge in [-0.3, -0.25) is 4.57 Å². The molecular weight excluding hydrogens is 591 g/mol. The fourth-order valence-electron chi connectivity index (χ4n) is 5.00. The molecule has 0 radical (unpaired) electrons. The molecule has 43 heavy (non-hydrogen) atoms. The Hall–Kier alpha value is -4.39. The summed E-state index contributed by atoms with van der Waals surface area (Å²) in [6.45, 7) is 7.08. The van der Waals surface area contributed by atoms with Gasteiger partial charge in [0, 0.05) is 44.4 Å². The fourth-order valence-corrected chi connectivity index (χ4v) is 5.59. The zero-order valence-corrected chi connectivity index (χ0v) is 25.4. The Morgan fingerprint density at radius 1 is 0.791 bits per heavy atom. The second-order valence-electron chi connectivity index (χ2n) is 9.74. The first kappa shape index (κ1) is 28.7. The van der Waals surface area contributed by atoms with Gasteiger partial charge in [0.2, 0.25) is 5.95 Å². The Bertz CT molecular complexity index is 1730. The summed E-state index contributed by atoms with van der Waals surface area (Å²) < 4.78 is 12.7. The molecular formula is C29H30Cl2N10O2. The Morgan fingerprint density at radius 3 is 2.07 bits per heavy atom. The van der Waals surface area contributed by atoms with Crippen LogP contribution in [0.1, 0.15) is 6.92 Å². The summed E-state index contributed by atoms with van der Waals surface area (Å²) in [7, 11) is 3.05. The van der Waals surface area contributed by atoms with Crippen molar-refractivity contribution in [3.63, 3.8) is 0 Å². The lowest BCUT2D eigenvalue weighted by atomic mass is 10.2. The average molecular weight is 622 g/mol. The van der Waals surface area contributed by atoms with Crippen LogP contribution in [0.25, 0.3) is 16.9 Å². The second kappa shape index (κ2) is 12.5. The number of hydrogen-bond acceptors (Lipinski definition) is 11. The molecule has 0 saturated carbocycles. The van der Waals surface area contributed by atoms with Crippen molar-refractivity contribution in [3.05, 3.63) is 65.2 Å². The first-order valence-corrected chi connectivity index (χ1v) is 14.5. The maximum absolute atomic E-state index is 6.67. The molecule has 222 valence electrons. The summed E-state index contributed by atoms with van der Waals surface area (Å²) in [4.78, 5) is 27.4. The van der Waals surface area contributed by atoms with Crippen molar-refractivity contribution in [3.8, 4) is 17.3 Å². The van der Waals surface area contributed by atoms with Gasteiger partial charge >= 0.3 is 0 Å². The van der Waals surface area contributed by atoms with E-state index < -0.39 is 0 Å². The first-order chi connectivity index (χ1) is 21.0. The van der Waals surface area contributed by atoms with E-state index in [1.165, 1.54) is 20.5 Å². The minimum Gasteiger partial charge on any atom is -0.495 e. The van der Waals surface area contributed by atoms with Crippen LogP contribution in [0.2, 0.25) is 10.0 Å². The number of aromatic nitrogens is 6. The van der Waals surface area contributed by atoms with E-state index in [2.05, 4.69) is 47.3 Å². The van der Waals surface area contributed by atoms with Crippen molar-refractivity contribution in [1.82, 2.24) is 34.4 Å². The predicted molar refractivity (Wildman–Crippen MR) is 169 cm³/mol. The largest absolute Gasteiger partial charge is 0.495 e. The number of piperazine rings is 1. The first-order valence-electron chi connectivity index (χ1n) is 13.7. The number of para-hydroxylation sites is 2. The van der Waals surface area contributed by atoms with E-state index >= 15 is 0 Å². The third kappa shape index (κ3) is 5.81. The van der Waals surface area contributed by atoms with Crippen molar-refractivity contribution in [2.45, 2.75) is 6.92 Å². The molecule has 1 aliphatic heterocycles. The molecule has 0 atom stereocenters. The maximum atomic E-state index is 6.67. The van der Waals surface area contributed by atoms with Crippen LogP contribution < -0.4 is 25.0 Å². The van der Waals surface area contributed by atoms with Crippen molar-refractivity contribution in [1.29, 1.82) is 0 Å². The molecule has 2 N–H and O–H groups in total. The molecule has 0 amide bonds. The fraction of sp³-hybridized carbons (Fsp3) is 0.276. The van der Waals surface area contributed by atoms with Gasteiger partial charge in [0.15, 0.2) is 0 Å². The number of likely N-dealkylation sites (N-methyl/N-ethyl adjacent to an activating group) is 1. The predicted octanol–water partition coefficient (Wildman–Crippen LogP) is 5.56. The highest BCUT2D eigenvalue weighted by atomic mass is 35.5. The molecule has 1 fully saturated rings. The Kier molecular flexibility index (Phi) is 8.32. The summed E-state index contributed by atoms with van der Waals surface area (Å²) in [6, 6.07) is 13.1. The van der Waals surface area contributed by atoms with Crippen LogP contribution in [0.15, 0.2) is 55.1 Å². The number of rotatable bonds is 9. The van der Waals surface area contributed by atoms with Crippen LogP contribution in [-0.4, -0.2) is 81.3 Å². The third-order valence-electron chi connectivity index (χ3n) is 7.31. The van der Waals surface area contributed by atoms with Crippen LogP contribution in [-0.2, 0) is 0 Å². The van der Waals surface area contributed by atoms with Gasteiger partial charge in [-0.25, -0.2) is 24.9 Å². The second-order valence-corrected chi connectivity index (χ2v) is 10.5. The molecule has 14 heteroatoms. The minimum atomic E-state index is 0.285. The summed E-state index contributed by atoms with van der Waals surface area (Å²) in [5.41, 5.74) is 1.94. The number of hydrogen-bond donors (Lipinski definition) is 2. The SMILES string of the molecule is CCN1CCN(c2cc(Nc3cc(-n4c(Nc5c(Cl)c(OC)cc(OC)c5Cl)nc5ccccc54)ncn3)ncn2)CC1. The summed E-state index contributed by atoms with van der Waals surface area (Å²) in [5, 5.41) is 7.16. The van der Waals surface area contributed by atoms with Gasteiger partial charge in [-0.15, -0.1) is 0 Å². The lowest BCUT2D eigenvalue weighted by molar-refractivity contribution is 0.270. The third-order valence-corrected chi connectivity index (χ3v) is 8.06. The van der Waals surface area contributed by atoms with Crippen LogP contribution >= 0.6 is 23.2 Å². The monoisotopic (exact) mass is 620 g/mol. The molecule has 3 aromatic heterocycles. The maximum Gasteiger partial charge on any atom is 0.214 e. The van der Waals surface area contributed by atoms with E-state index in [-0.39, 0.29) is 10.0 Å². The molecule has 0 spiro atoms. The molecule has 5 aromatic rings. The normalized spacial score (nSPS) is 13.7. The van der Waals surface area contributed by atoms with Crippen molar-refractivity contribution < 1.29 is 9.47 Å². The molecule has 0 bridgehead atoms. The number of fused-ring (bicyclic) bond motifs is 1. The number of nitrogens with zero attached hydrogens (tertiary/aromatic N) is 8. The molecule has 1 saturated heterocycles. The number of methoxy groups -OCH3 is 2. The Balaban J connectivity index is 1.34. The molecule has 2 aromatic carbocycles. The van der Waals surface area contributed by atoms with Gasteiger partial charge in [0.1, 0.15) is 57.5 Å². The number of nitrogens with one attached hydrogen (secondary N) is 2. The van der Waals surface area contributed by atoms with Gasteiger partial charge in [-0.2, -0.15) is 0 Å². The van der Waals surface area contributed by atoms with E-state index in [4.69, 9.17) is 37.7 Å². The minimum absolute atomic E-state index is 0.285.